The Kier molecular flexibility index (Phi) is 2.44. The lowest BCUT2D eigenvalue weighted by Gasteiger charge is -2.34. The number of aliphatic carboxylic acids is 1. The van der Waals surface area contributed by atoms with Gasteiger partial charge in [-0.15, -0.1) is 0 Å². The van der Waals surface area contributed by atoms with Crippen LogP contribution in [0.3, 0.4) is 0 Å². The second-order valence-electron chi connectivity index (χ2n) is 4.91. The molecule has 1 heterocycles. The van der Waals surface area contributed by atoms with Gasteiger partial charge in [0.15, 0.2) is 0 Å². The summed E-state index contributed by atoms with van der Waals surface area (Å²) in [4.78, 5) is 24.7. The quantitative estimate of drug-likeness (QED) is 0.748. The SMILES string of the molecule is CC1(C(=O)N2CCCC[C@@H]2C(=O)O)CC1. The number of hydrogen-bond donors (Lipinski definition) is 1. The first-order valence-corrected chi connectivity index (χ1v) is 5.58. The number of carboxylic acid groups (broad SMARTS) is 1. The van der Waals surface area contributed by atoms with E-state index in [1.807, 2.05) is 6.92 Å². The van der Waals surface area contributed by atoms with Crippen LogP contribution in [0, 0.1) is 5.41 Å². The van der Waals surface area contributed by atoms with E-state index in [-0.39, 0.29) is 11.3 Å². The van der Waals surface area contributed by atoms with Crippen LogP contribution in [0.25, 0.3) is 0 Å². The summed E-state index contributed by atoms with van der Waals surface area (Å²) in [5, 5.41) is 9.05. The van der Waals surface area contributed by atoms with Crippen molar-refractivity contribution in [3.05, 3.63) is 0 Å². The van der Waals surface area contributed by atoms with Gasteiger partial charge >= 0.3 is 5.97 Å². The lowest BCUT2D eigenvalue weighted by molar-refractivity contribution is -0.154. The Balaban J connectivity index is 2.10. The molecule has 0 aromatic rings. The molecule has 1 N–H and O–H groups in total. The molecular weight excluding hydrogens is 194 g/mol. The molecule has 4 nitrogen and oxygen atoms in total. The Bertz CT molecular complexity index is 296. The molecule has 1 saturated heterocycles. The molecule has 0 spiro atoms. The van der Waals surface area contributed by atoms with Crippen molar-refractivity contribution >= 4 is 11.9 Å². The van der Waals surface area contributed by atoms with Crippen molar-refractivity contribution in [3.63, 3.8) is 0 Å². The van der Waals surface area contributed by atoms with Gasteiger partial charge in [-0.25, -0.2) is 4.79 Å². The van der Waals surface area contributed by atoms with Crippen molar-refractivity contribution in [1.29, 1.82) is 0 Å². The number of amides is 1. The fraction of sp³-hybridized carbons (Fsp3) is 0.818. The largest absolute Gasteiger partial charge is 0.480 e. The maximum Gasteiger partial charge on any atom is 0.326 e. The van der Waals surface area contributed by atoms with E-state index in [1.54, 1.807) is 4.90 Å². The molecule has 0 radical (unpaired) electrons. The number of piperidine rings is 1. The first-order valence-electron chi connectivity index (χ1n) is 5.58. The number of rotatable bonds is 2. The van der Waals surface area contributed by atoms with Crippen LogP contribution in [-0.4, -0.2) is 34.5 Å². The van der Waals surface area contributed by atoms with Crippen molar-refractivity contribution < 1.29 is 14.7 Å². The molecule has 2 rings (SSSR count). The maximum atomic E-state index is 12.1. The molecule has 1 aliphatic carbocycles. The van der Waals surface area contributed by atoms with E-state index >= 15 is 0 Å². The van der Waals surface area contributed by atoms with E-state index in [4.69, 9.17) is 5.11 Å². The minimum atomic E-state index is -0.854. The summed E-state index contributed by atoms with van der Waals surface area (Å²) >= 11 is 0. The predicted molar refractivity (Wildman–Crippen MR) is 54.3 cm³/mol. The second-order valence-corrected chi connectivity index (χ2v) is 4.91. The molecule has 1 saturated carbocycles. The van der Waals surface area contributed by atoms with Crippen molar-refractivity contribution in [2.45, 2.75) is 45.1 Å². The molecule has 0 unspecified atom stereocenters. The molecule has 15 heavy (non-hydrogen) atoms. The average molecular weight is 211 g/mol. The molecule has 1 amide bonds. The lowest BCUT2D eigenvalue weighted by Crippen LogP contribution is -2.50. The number of carboxylic acids is 1. The van der Waals surface area contributed by atoms with Crippen molar-refractivity contribution in [2.75, 3.05) is 6.54 Å². The first kappa shape index (κ1) is 10.5. The van der Waals surface area contributed by atoms with Crippen LogP contribution < -0.4 is 0 Å². The molecule has 0 aromatic carbocycles. The number of carbonyl (C=O) groups is 2. The third-order valence-electron chi connectivity index (χ3n) is 3.57. The van der Waals surface area contributed by atoms with E-state index in [0.717, 1.165) is 25.7 Å². The van der Waals surface area contributed by atoms with Gasteiger partial charge in [0.2, 0.25) is 5.91 Å². The van der Waals surface area contributed by atoms with E-state index in [9.17, 15) is 9.59 Å². The molecule has 1 atom stereocenters. The zero-order chi connectivity index (χ0) is 11.1. The monoisotopic (exact) mass is 211 g/mol. The summed E-state index contributed by atoms with van der Waals surface area (Å²) in [5.41, 5.74) is -0.245. The Morgan fingerprint density at radius 1 is 1.33 bits per heavy atom. The average Bonchev–Trinajstić information content (AvgIpc) is 2.96. The third kappa shape index (κ3) is 1.85. The lowest BCUT2D eigenvalue weighted by atomic mass is 9.99. The molecule has 84 valence electrons. The van der Waals surface area contributed by atoms with Crippen LogP contribution in [0.2, 0.25) is 0 Å². The molecule has 4 heteroatoms. The smallest absolute Gasteiger partial charge is 0.326 e. The highest BCUT2D eigenvalue weighted by atomic mass is 16.4. The molecule has 2 fully saturated rings. The first-order chi connectivity index (χ1) is 7.04. The Hall–Kier alpha value is -1.06. The van der Waals surface area contributed by atoms with Gasteiger partial charge in [0.05, 0.1) is 0 Å². The Morgan fingerprint density at radius 2 is 2.00 bits per heavy atom. The van der Waals surface area contributed by atoms with Gasteiger partial charge in [-0.3, -0.25) is 4.79 Å². The van der Waals surface area contributed by atoms with Crippen LogP contribution in [0.4, 0.5) is 0 Å². The summed E-state index contributed by atoms with van der Waals surface area (Å²) in [6, 6.07) is -0.580. The van der Waals surface area contributed by atoms with Crippen LogP contribution in [0.1, 0.15) is 39.0 Å². The van der Waals surface area contributed by atoms with Crippen LogP contribution in [0.15, 0.2) is 0 Å². The van der Waals surface area contributed by atoms with E-state index in [0.29, 0.717) is 13.0 Å². The number of nitrogens with zero attached hydrogens (tertiary/aromatic N) is 1. The zero-order valence-corrected chi connectivity index (χ0v) is 9.03. The molecule has 1 aliphatic heterocycles. The van der Waals surface area contributed by atoms with Gasteiger partial charge in [0, 0.05) is 12.0 Å². The maximum absolute atomic E-state index is 12.1. The van der Waals surface area contributed by atoms with Crippen molar-refractivity contribution in [3.8, 4) is 0 Å². The minimum Gasteiger partial charge on any atom is -0.480 e. The highest BCUT2D eigenvalue weighted by Crippen LogP contribution is 2.47. The molecule has 2 aliphatic rings. The summed E-state index contributed by atoms with van der Waals surface area (Å²) < 4.78 is 0. The van der Waals surface area contributed by atoms with Gasteiger partial charge < -0.3 is 10.0 Å². The van der Waals surface area contributed by atoms with Gasteiger partial charge in [0.1, 0.15) is 6.04 Å². The summed E-state index contributed by atoms with van der Waals surface area (Å²) in [6.45, 7) is 2.55. The number of hydrogen-bond acceptors (Lipinski definition) is 2. The predicted octanol–water partition coefficient (Wildman–Crippen LogP) is 1.25. The normalized spacial score (nSPS) is 28.6. The van der Waals surface area contributed by atoms with Gasteiger partial charge in [-0.1, -0.05) is 6.92 Å². The van der Waals surface area contributed by atoms with Crippen LogP contribution in [0.5, 0.6) is 0 Å². The highest BCUT2D eigenvalue weighted by Gasteiger charge is 2.49. The highest BCUT2D eigenvalue weighted by molar-refractivity contribution is 5.89. The topological polar surface area (TPSA) is 57.6 Å². The van der Waals surface area contributed by atoms with E-state index in [2.05, 4.69) is 0 Å². The molecule has 0 aromatic heterocycles. The zero-order valence-electron chi connectivity index (χ0n) is 9.03. The number of likely N-dealkylation sites (tertiary alicyclic amines) is 1. The second kappa shape index (κ2) is 3.51. The summed E-state index contributed by atoms with van der Waals surface area (Å²) in [5.74, 6) is -0.804. The van der Waals surface area contributed by atoms with Gasteiger partial charge in [0.25, 0.3) is 0 Å². The van der Waals surface area contributed by atoms with Crippen molar-refractivity contribution in [1.82, 2.24) is 4.90 Å². The van der Waals surface area contributed by atoms with Crippen LogP contribution >= 0.6 is 0 Å². The fourth-order valence-corrected chi connectivity index (χ4v) is 2.18. The van der Waals surface area contributed by atoms with E-state index in [1.165, 1.54) is 0 Å². The molecular formula is C11H17NO3. The molecule has 0 bridgehead atoms. The van der Waals surface area contributed by atoms with Crippen LogP contribution in [-0.2, 0) is 9.59 Å². The Morgan fingerprint density at radius 3 is 2.53 bits per heavy atom. The fourth-order valence-electron chi connectivity index (χ4n) is 2.18. The minimum absolute atomic E-state index is 0.0506. The number of carbonyl (C=O) groups excluding carboxylic acids is 1. The Labute approximate surface area is 89.3 Å². The van der Waals surface area contributed by atoms with Gasteiger partial charge in [-0.05, 0) is 32.1 Å². The third-order valence-corrected chi connectivity index (χ3v) is 3.57. The summed E-state index contributed by atoms with van der Waals surface area (Å²) in [6.07, 6.45) is 4.28. The summed E-state index contributed by atoms with van der Waals surface area (Å²) in [7, 11) is 0. The van der Waals surface area contributed by atoms with Crippen molar-refractivity contribution in [2.24, 2.45) is 5.41 Å². The van der Waals surface area contributed by atoms with Gasteiger partial charge in [-0.2, -0.15) is 0 Å². The van der Waals surface area contributed by atoms with E-state index < -0.39 is 12.0 Å². The standard InChI is InChI=1S/C11H17NO3/c1-11(5-6-11)10(15)12-7-3-2-4-8(12)9(13)14/h8H,2-7H2,1H3,(H,13,14)/t8-/m1/s1.